The van der Waals surface area contributed by atoms with Crippen LogP contribution in [0.25, 0.3) is 0 Å². The number of halogens is 1. The maximum absolute atomic E-state index is 12.9. The summed E-state index contributed by atoms with van der Waals surface area (Å²) < 4.78 is 18.2. The third-order valence-electron chi connectivity index (χ3n) is 2.18. The summed E-state index contributed by atoms with van der Waals surface area (Å²) in [5.74, 6) is 0.659. The van der Waals surface area contributed by atoms with Crippen LogP contribution in [0.5, 0.6) is 5.75 Å². The molecule has 0 amide bonds. The molecule has 4 heteroatoms. The SMILES string of the molecule is CCCc1cc(S)cc(OC[C@H](F)CN)c1. The van der Waals surface area contributed by atoms with Crippen molar-refractivity contribution in [1.29, 1.82) is 0 Å². The second-order valence-electron chi connectivity index (χ2n) is 3.73. The zero-order valence-corrected chi connectivity index (χ0v) is 10.3. The number of rotatable bonds is 6. The van der Waals surface area contributed by atoms with Crippen molar-refractivity contribution in [3.63, 3.8) is 0 Å². The van der Waals surface area contributed by atoms with Crippen molar-refractivity contribution in [2.24, 2.45) is 5.73 Å². The molecule has 0 aliphatic heterocycles. The first-order valence-electron chi connectivity index (χ1n) is 5.45. The van der Waals surface area contributed by atoms with Crippen molar-refractivity contribution >= 4 is 12.6 Å². The highest BCUT2D eigenvalue weighted by Crippen LogP contribution is 2.21. The van der Waals surface area contributed by atoms with Crippen molar-refractivity contribution in [1.82, 2.24) is 0 Å². The minimum absolute atomic E-state index is 0.000698. The second kappa shape index (κ2) is 6.76. The summed E-state index contributed by atoms with van der Waals surface area (Å²) in [5.41, 5.74) is 6.33. The van der Waals surface area contributed by atoms with Crippen LogP contribution < -0.4 is 10.5 Å². The number of thiol groups is 1. The molecule has 1 rings (SSSR count). The van der Waals surface area contributed by atoms with Crippen LogP contribution in [0.15, 0.2) is 23.1 Å². The predicted molar refractivity (Wildman–Crippen MR) is 67.1 cm³/mol. The highest BCUT2D eigenvalue weighted by molar-refractivity contribution is 7.80. The molecule has 0 fully saturated rings. The van der Waals surface area contributed by atoms with Gasteiger partial charge < -0.3 is 10.5 Å². The van der Waals surface area contributed by atoms with Gasteiger partial charge in [0.25, 0.3) is 0 Å². The molecule has 0 saturated carbocycles. The van der Waals surface area contributed by atoms with E-state index in [4.69, 9.17) is 10.5 Å². The maximum Gasteiger partial charge on any atom is 0.146 e. The third-order valence-corrected chi connectivity index (χ3v) is 2.43. The van der Waals surface area contributed by atoms with Gasteiger partial charge in [0.05, 0.1) is 0 Å². The van der Waals surface area contributed by atoms with Gasteiger partial charge in [-0.25, -0.2) is 4.39 Å². The first-order chi connectivity index (χ1) is 7.65. The molecule has 2 N–H and O–H groups in total. The Morgan fingerprint density at radius 2 is 2.19 bits per heavy atom. The molecule has 0 radical (unpaired) electrons. The third kappa shape index (κ3) is 4.41. The van der Waals surface area contributed by atoms with Gasteiger partial charge in [0.1, 0.15) is 18.5 Å². The van der Waals surface area contributed by atoms with Crippen molar-refractivity contribution in [2.75, 3.05) is 13.2 Å². The Morgan fingerprint density at radius 3 is 2.81 bits per heavy atom. The molecule has 1 atom stereocenters. The highest BCUT2D eigenvalue weighted by atomic mass is 32.1. The Kier molecular flexibility index (Phi) is 5.63. The molecule has 16 heavy (non-hydrogen) atoms. The topological polar surface area (TPSA) is 35.2 Å². The maximum atomic E-state index is 12.9. The Morgan fingerprint density at radius 1 is 1.44 bits per heavy atom. The largest absolute Gasteiger partial charge is 0.490 e. The van der Waals surface area contributed by atoms with Crippen molar-refractivity contribution in [2.45, 2.75) is 30.8 Å². The number of hydrogen-bond acceptors (Lipinski definition) is 3. The van der Waals surface area contributed by atoms with Gasteiger partial charge in [0.2, 0.25) is 0 Å². The number of aryl methyl sites for hydroxylation is 1. The lowest BCUT2D eigenvalue weighted by atomic mass is 10.1. The summed E-state index contributed by atoms with van der Waals surface area (Å²) in [5, 5.41) is 0. The summed E-state index contributed by atoms with van der Waals surface area (Å²) in [4.78, 5) is 0.837. The Balaban J connectivity index is 2.64. The van der Waals surface area contributed by atoms with Crippen LogP contribution in [0.3, 0.4) is 0 Å². The van der Waals surface area contributed by atoms with Gasteiger partial charge in [0, 0.05) is 11.4 Å². The molecular weight excluding hydrogens is 225 g/mol. The molecule has 0 heterocycles. The molecule has 0 aromatic heterocycles. The van der Waals surface area contributed by atoms with Gasteiger partial charge >= 0.3 is 0 Å². The molecule has 90 valence electrons. The first kappa shape index (κ1) is 13.3. The van der Waals surface area contributed by atoms with Crippen molar-refractivity contribution in [3.8, 4) is 5.75 Å². The van der Waals surface area contributed by atoms with E-state index in [0.717, 1.165) is 23.3 Å². The standard InChI is InChI=1S/C12H18FNOS/c1-2-3-9-4-11(6-12(16)5-9)15-8-10(13)7-14/h4-6,10,16H,2-3,7-8,14H2,1H3/t10-/m1/s1. The van der Waals surface area contributed by atoms with E-state index >= 15 is 0 Å². The summed E-state index contributed by atoms with van der Waals surface area (Å²) in [6.45, 7) is 2.10. The van der Waals surface area contributed by atoms with Crippen LogP contribution in [0.2, 0.25) is 0 Å². The van der Waals surface area contributed by atoms with E-state index in [-0.39, 0.29) is 13.2 Å². The van der Waals surface area contributed by atoms with E-state index < -0.39 is 6.17 Å². The van der Waals surface area contributed by atoms with E-state index in [2.05, 4.69) is 19.6 Å². The Bertz CT molecular complexity index is 333. The van der Waals surface area contributed by atoms with Gasteiger partial charge in [-0.05, 0) is 30.2 Å². The fraction of sp³-hybridized carbons (Fsp3) is 0.500. The van der Waals surface area contributed by atoms with Crippen LogP contribution in [-0.2, 0) is 6.42 Å². The average molecular weight is 243 g/mol. The summed E-state index contributed by atoms with van der Waals surface area (Å²) in [6, 6.07) is 5.70. The lowest BCUT2D eigenvalue weighted by Gasteiger charge is -2.10. The number of alkyl halides is 1. The summed E-state index contributed by atoms with van der Waals surface area (Å²) >= 11 is 4.29. The molecule has 0 aliphatic rings. The number of benzene rings is 1. The fourth-order valence-electron chi connectivity index (χ4n) is 1.41. The summed E-state index contributed by atoms with van der Waals surface area (Å²) in [7, 11) is 0. The van der Waals surface area contributed by atoms with Crippen LogP contribution >= 0.6 is 12.6 Å². The van der Waals surface area contributed by atoms with Crippen LogP contribution in [0.1, 0.15) is 18.9 Å². The fourth-order valence-corrected chi connectivity index (χ4v) is 1.71. The second-order valence-corrected chi connectivity index (χ2v) is 4.25. The monoisotopic (exact) mass is 243 g/mol. The molecular formula is C12H18FNOS. The Labute approximate surface area is 101 Å². The van der Waals surface area contributed by atoms with Crippen LogP contribution in [-0.4, -0.2) is 19.3 Å². The van der Waals surface area contributed by atoms with Gasteiger partial charge in [-0.2, -0.15) is 0 Å². The van der Waals surface area contributed by atoms with Gasteiger partial charge in [-0.1, -0.05) is 13.3 Å². The summed E-state index contributed by atoms with van der Waals surface area (Å²) in [6.07, 6.45) is 0.921. The number of hydrogen-bond donors (Lipinski definition) is 2. The van der Waals surface area contributed by atoms with Gasteiger partial charge in [-0.3, -0.25) is 0 Å². The van der Waals surface area contributed by atoms with Crippen molar-refractivity contribution in [3.05, 3.63) is 23.8 Å². The smallest absolute Gasteiger partial charge is 0.146 e. The molecule has 0 spiro atoms. The van der Waals surface area contributed by atoms with Crippen LogP contribution in [0, 0.1) is 0 Å². The quantitative estimate of drug-likeness (QED) is 0.753. The van der Waals surface area contributed by atoms with E-state index in [1.54, 1.807) is 6.07 Å². The minimum atomic E-state index is -1.11. The average Bonchev–Trinajstić information content (AvgIpc) is 2.25. The molecule has 1 aromatic rings. The zero-order valence-electron chi connectivity index (χ0n) is 9.45. The molecule has 1 aromatic carbocycles. The lowest BCUT2D eigenvalue weighted by Crippen LogP contribution is -2.22. The van der Waals surface area contributed by atoms with Crippen LogP contribution in [0.4, 0.5) is 4.39 Å². The van der Waals surface area contributed by atoms with Crippen molar-refractivity contribution < 1.29 is 9.13 Å². The first-order valence-corrected chi connectivity index (χ1v) is 5.90. The highest BCUT2D eigenvalue weighted by Gasteiger charge is 2.05. The van der Waals surface area contributed by atoms with Gasteiger partial charge in [-0.15, -0.1) is 12.6 Å². The predicted octanol–water partition coefficient (Wildman–Crippen LogP) is 2.60. The molecule has 0 unspecified atom stereocenters. The van der Waals surface area contributed by atoms with E-state index in [9.17, 15) is 4.39 Å². The molecule has 0 aliphatic carbocycles. The number of ether oxygens (including phenoxy) is 1. The normalized spacial score (nSPS) is 12.5. The molecule has 2 nitrogen and oxygen atoms in total. The zero-order chi connectivity index (χ0) is 12.0. The van der Waals surface area contributed by atoms with E-state index in [0.29, 0.717) is 5.75 Å². The van der Waals surface area contributed by atoms with E-state index in [1.807, 2.05) is 12.1 Å². The minimum Gasteiger partial charge on any atom is -0.490 e. The Hall–Kier alpha value is -0.740. The number of nitrogens with two attached hydrogens (primary N) is 1. The molecule has 0 bridgehead atoms. The molecule has 0 saturated heterocycles. The van der Waals surface area contributed by atoms with E-state index in [1.165, 1.54) is 0 Å². The lowest BCUT2D eigenvalue weighted by molar-refractivity contribution is 0.200. The van der Waals surface area contributed by atoms with Gasteiger partial charge in [0.15, 0.2) is 0 Å².